The molecule has 110 heavy (non-hydrogen) atoms. The fraction of sp³-hybridized carbons (Fsp3) is 0.600. The fourth-order valence-electron chi connectivity index (χ4n) is 16.2. The van der Waals surface area contributed by atoms with E-state index in [9.17, 15) is 54.4 Å². The molecule has 2 aliphatic heterocycles. The number of aliphatic hydroxyl groups is 1. The van der Waals surface area contributed by atoms with Crippen molar-refractivity contribution in [1.82, 2.24) is 38.3 Å². The van der Waals surface area contributed by atoms with Crippen molar-refractivity contribution in [1.29, 1.82) is 0 Å². The Kier molecular flexibility index (Phi) is 27.6. The summed E-state index contributed by atoms with van der Waals surface area (Å²) >= 11 is 0. The van der Waals surface area contributed by atoms with Gasteiger partial charge in [-0.2, -0.15) is 9.97 Å². The van der Waals surface area contributed by atoms with Crippen molar-refractivity contribution in [2.45, 2.75) is 282 Å². The molecule has 4 aliphatic carbocycles. The van der Waals surface area contributed by atoms with E-state index in [0.29, 0.717) is 68.1 Å². The summed E-state index contributed by atoms with van der Waals surface area (Å²) < 4.78 is 101. The highest BCUT2D eigenvalue weighted by molar-refractivity contribution is 7.92. The topological polar surface area (TPSA) is 276 Å². The number of hydrogen-bond acceptors (Lipinski definition) is 15. The third kappa shape index (κ3) is 19.9. The molecule has 600 valence electrons. The van der Waals surface area contributed by atoms with Crippen LogP contribution in [0.4, 0.5) is 8.78 Å². The number of nitrogens with one attached hydrogen (secondary N) is 2. The van der Waals surface area contributed by atoms with Crippen LogP contribution in [0, 0.1) is 48.1 Å². The van der Waals surface area contributed by atoms with Crippen molar-refractivity contribution in [2.75, 3.05) is 20.2 Å². The quantitative estimate of drug-likeness (QED) is 0.0242. The number of sulfonamides is 2. The Labute approximate surface area is 649 Å². The number of aromatic nitrogens is 4. The summed E-state index contributed by atoms with van der Waals surface area (Å²) in [6, 6.07) is 24.0. The van der Waals surface area contributed by atoms with Crippen LogP contribution in [0.15, 0.2) is 97.1 Å². The highest BCUT2D eigenvalue weighted by Gasteiger charge is 2.64. The van der Waals surface area contributed by atoms with Gasteiger partial charge in [-0.05, 0) is 209 Å². The number of halogens is 2. The number of hydrogen-bond donors (Lipinski definition) is 3. The van der Waals surface area contributed by atoms with Crippen molar-refractivity contribution in [3.8, 4) is 12.0 Å². The number of rotatable bonds is 37. The van der Waals surface area contributed by atoms with Gasteiger partial charge in [-0.1, -0.05) is 120 Å². The molecule has 6 aromatic rings. The van der Waals surface area contributed by atoms with Crippen molar-refractivity contribution in [3.05, 3.63) is 131 Å². The molecule has 2 saturated heterocycles. The van der Waals surface area contributed by atoms with E-state index in [2.05, 4.69) is 23.3 Å². The smallest absolute Gasteiger partial charge is 0.297 e. The predicted octanol–water partition coefficient (Wildman–Crippen LogP) is 14.9. The van der Waals surface area contributed by atoms with Gasteiger partial charge in [0, 0.05) is 57.7 Å². The number of amides is 4. The summed E-state index contributed by atoms with van der Waals surface area (Å²) in [6.07, 6.45) is 18.8. The first kappa shape index (κ1) is 84.5. The van der Waals surface area contributed by atoms with Crippen LogP contribution in [-0.2, 0) is 61.7 Å². The lowest BCUT2D eigenvalue weighted by molar-refractivity contribution is -0.139. The summed E-state index contributed by atoms with van der Waals surface area (Å²) in [4.78, 5) is 97.5. The molecule has 12 rings (SSSR count). The van der Waals surface area contributed by atoms with Gasteiger partial charge >= 0.3 is 0 Å². The van der Waals surface area contributed by atoms with E-state index in [1.807, 2.05) is 110 Å². The Hall–Kier alpha value is -7.90. The van der Waals surface area contributed by atoms with Crippen molar-refractivity contribution in [2.24, 2.45) is 22.7 Å². The number of carbonyl (C=O) groups is 6. The van der Waals surface area contributed by atoms with Gasteiger partial charge in [-0.25, -0.2) is 25.6 Å². The van der Waals surface area contributed by atoms with Crippen LogP contribution in [0.5, 0.6) is 12.0 Å². The molecule has 0 spiro atoms. The van der Waals surface area contributed by atoms with Crippen LogP contribution < -0.4 is 18.9 Å². The summed E-state index contributed by atoms with van der Waals surface area (Å²) in [5.41, 5.74) is 3.89. The molecule has 4 aromatic carbocycles. The molecule has 4 amide bonds. The molecular formula is C85H116F2N8O13S2. The number of Topliss-reactive ketones (excluding diaryl/α,β-unsaturated/α-hetero) is 2. The number of unbranched alkanes of at least 4 members (excludes halogenated alkanes) is 9. The van der Waals surface area contributed by atoms with Crippen LogP contribution in [0.2, 0.25) is 0 Å². The molecule has 3 N–H and O–H groups in total. The number of aliphatic hydroxyl groups excluding tert-OH is 1. The van der Waals surface area contributed by atoms with Gasteiger partial charge in [0.25, 0.3) is 12.0 Å². The normalized spacial score (nSPS) is 22.9. The molecule has 0 bridgehead atoms. The molecule has 4 saturated carbocycles. The number of carbonyl (C=O) groups excluding carboxylic acids is 6. The number of para-hydroxylation sites is 4. The monoisotopic (exact) mass is 1560 g/mol. The minimum absolute atomic E-state index is 0.0257. The second-order valence-corrected chi connectivity index (χ2v) is 37.3. The van der Waals surface area contributed by atoms with Crippen LogP contribution in [0.3, 0.4) is 0 Å². The van der Waals surface area contributed by atoms with Crippen LogP contribution in [0.1, 0.15) is 244 Å². The van der Waals surface area contributed by atoms with E-state index in [1.165, 1.54) is 35.6 Å². The molecule has 6 aliphatic rings. The van der Waals surface area contributed by atoms with E-state index < -0.39 is 76.5 Å². The maximum atomic E-state index is 14.5. The van der Waals surface area contributed by atoms with E-state index >= 15 is 0 Å². The van der Waals surface area contributed by atoms with Gasteiger partial charge < -0.3 is 24.4 Å². The average molecular weight is 1560 g/mol. The number of allylic oxidation sites excluding steroid dienone is 2. The maximum Gasteiger partial charge on any atom is 0.297 e. The second kappa shape index (κ2) is 35.8. The zero-order valence-corrected chi connectivity index (χ0v) is 67.9. The molecule has 25 heteroatoms. The Morgan fingerprint density at radius 1 is 0.582 bits per heavy atom. The van der Waals surface area contributed by atoms with Gasteiger partial charge in [0.1, 0.15) is 23.8 Å². The van der Waals surface area contributed by atoms with Crippen LogP contribution in [-0.4, -0.2) is 140 Å². The number of imidazole rings is 2. The number of ketones is 2. The lowest BCUT2D eigenvalue weighted by atomic mass is 9.90. The third-order valence-corrected chi connectivity index (χ3v) is 27.8. The minimum Gasteiger partial charge on any atom is -0.459 e. The Morgan fingerprint density at radius 3 is 1.44 bits per heavy atom. The molecule has 21 nitrogen and oxygen atoms in total. The molecule has 6 fully saturated rings. The van der Waals surface area contributed by atoms with Crippen LogP contribution in [0.25, 0.3) is 22.1 Å². The summed E-state index contributed by atoms with van der Waals surface area (Å²) in [5.74, 6) is -3.53. The number of benzene rings is 4. The van der Waals surface area contributed by atoms with Crippen LogP contribution >= 0.6 is 0 Å². The van der Waals surface area contributed by atoms with Gasteiger partial charge in [0.15, 0.2) is 11.6 Å². The standard InChI is InChI=1S/C42H57FN4O6S.C42H55FN4O6S.CH4O/c2*1-6-7-8-9-10-11-14-31-25-42(31,39(50)45-54(51,52)41(5)19-20-41)26-37(48)36-24-33(53-40-44-34-15-12-13-16-35(34)47(40)28(2)3)27-46(36)38(49)18-17-30-21-29(4)22-32(43)23-30;1-2/h12-13,15-16,21-23,28,31,33,36H,6-11,14,17-20,24-27H2,1-5H3,(H,45,50);11-16,21-23,28,31,33,36H,6-10,17-20,24-27H2,1-5H3,(H,45,50);2H,1H3/b;14-11-;/t2*31-,33-,36+,42-;/m11./s1. The lowest BCUT2D eigenvalue weighted by Crippen LogP contribution is -2.46. The number of likely N-dealkylation sites (tertiary alicyclic amines) is 2. The average Bonchev–Trinajstić information content (AvgIpc) is 1.57. The maximum absolute atomic E-state index is 14.5. The molecule has 0 radical (unpaired) electrons. The predicted molar refractivity (Wildman–Crippen MR) is 422 cm³/mol. The minimum atomic E-state index is -3.93. The van der Waals surface area contributed by atoms with E-state index in [4.69, 9.17) is 24.5 Å². The number of fused-ring (bicyclic) bond motifs is 2. The van der Waals surface area contributed by atoms with Gasteiger partial charge in [0.2, 0.25) is 43.7 Å². The molecular weight excluding hydrogens is 1440 g/mol. The first-order valence-electron chi connectivity index (χ1n) is 40.0. The number of aryl methyl sites for hydroxylation is 4. The Balaban J connectivity index is 0.000000229. The first-order chi connectivity index (χ1) is 52.3. The number of nitrogens with zero attached hydrogens (tertiary/aromatic N) is 6. The largest absolute Gasteiger partial charge is 0.459 e. The van der Waals surface area contributed by atoms with E-state index in [-0.39, 0.29) is 117 Å². The summed E-state index contributed by atoms with van der Waals surface area (Å²) in [6.45, 7) is 19.6. The Morgan fingerprint density at radius 2 is 1.00 bits per heavy atom. The Bertz CT molecular complexity index is 4530. The molecule has 8 atom stereocenters. The summed E-state index contributed by atoms with van der Waals surface area (Å²) in [5, 5.41) is 7.00. The van der Waals surface area contributed by atoms with Gasteiger partial charge in [0.05, 0.1) is 67.6 Å². The zero-order chi connectivity index (χ0) is 79.7. The van der Waals surface area contributed by atoms with Gasteiger partial charge in [-0.3, -0.25) is 47.3 Å². The fourth-order valence-corrected chi connectivity index (χ4v) is 18.8. The molecule has 2 aromatic heterocycles. The second-order valence-electron chi connectivity index (χ2n) is 33.0. The van der Waals surface area contributed by atoms with Crippen molar-refractivity contribution < 1.29 is 69.0 Å². The van der Waals surface area contributed by atoms with E-state index in [0.717, 1.165) is 111 Å². The summed E-state index contributed by atoms with van der Waals surface area (Å²) in [7, 11) is -6.83. The van der Waals surface area contributed by atoms with Gasteiger partial charge in [-0.15, -0.1) is 0 Å². The third-order valence-electron chi connectivity index (χ3n) is 23.5. The zero-order valence-electron chi connectivity index (χ0n) is 66.3. The molecule has 0 unspecified atom stereocenters. The molecule has 4 heterocycles. The van der Waals surface area contributed by atoms with E-state index in [1.54, 1.807) is 32.6 Å². The van der Waals surface area contributed by atoms with Crippen molar-refractivity contribution >= 4 is 77.3 Å². The highest BCUT2D eigenvalue weighted by Crippen LogP contribution is 2.60. The number of ether oxygens (including phenoxy) is 2. The highest BCUT2D eigenvalue weighted by atomic mass is 32.2. The lowest BCUT2D eigenvalue weighted by Gasteiger charge is -2.26. The SMILES string of the molecule is CCCCCC/C=C\[C@@H]1C[C@]1(CC(=O)[C@@H]1C[C@@H](Oc2nc3ccccc3n2C(C)C)CN1C(=O)CCc1cc(C)cc(F)c1)C(=O)NS(=O)(=O)C1(C)CC1.CCCCCCCC[C@@H]1C[C@]1(CC(=O)[C@@H]1C[C@@H](Oc2nc3ccccc3n2C(C)C)CN1C(=O)CCc1cc(C)cc(F)c1)C(=O)NS(=O)(=O)C1(C)CC1.CO. The van der Waals surface area contributed by atoms with Crippen molar-refractivity contribution in [3.63, 3.8) is 0 Å². The first-order valence-corrected chi connectivity index (χ1v) is 43.0.